The molecule has 2 aliphatic rings. The van der Waals surface area contributed by atoms with E-state index in [0.717, 1.165) is 0 Å². The number of nitrogens with zero attached hydrogens (tertiary/aromatic N) is 1. The lowest BCUT2D eigenvalue weighted by Crippen LogP contribution is -2.53. The third-order valence-corrected chi connectivity index (χ3v) is 2.99. The van der Waals surface area contributed by atoms with Crippen molar-refractivity contribution in [2.24, 2.45) is 5.92 Å². The Morgan fingerprint density at radius 2 is 2.29 bits per heavy atom. The first-order chi connectivity index (χ1) is 6.50. The molecule has 1 saturated heterocycles. The third kappa shape index (κ3) is 1.73. The summed E-state index contributed by atoms with van der Waals surface area (Å²) in [6.45, 7) is 1.36. The van der Waals surface area contributed by atoms with Crippen LogP contribution in [-0.2, 0) is 4.79 Å². The normalized spacial score (nSPS) is 35.9. The Bertz CT molecular complexity index is 257. The van der Waals surface area contributed by atoms with Crippen molar-refractivity contribution >= 4 is 5.91 Å². The van der Waals surface area contributed by atoms with Crippen LogP contribution in [0.1, 0.15) is 12.8 Å². The fraction of sp³-hybridized carbons (Fsp3) is 0.889. The molecule has 1 amide bonds. The number of amides is 1. The van der Waals surface area contributed by atoms with Crippen LogP contribution in [0.15, 0.2) is 0 Å². The van der Waals surface area contributed by atoms with Gasteiger partial charge in [0, 0.05) is 32.5 Å². The molecule has 0 spiro atoms. The summed E-state index contributed by atoms with van der Waals surface area (Å²) in [5.41, 5.74) is 0. The number of likely N-dealkylation sites (N-methyl/N-ethyl adjacent to an activating group) is 1. The van der Waals surface area contributed by atoms with Gasteiger partial charge in [-0.15, -0.1) is 0 Å². The number of carbonyl (C=O) groups excluding carboxylic acids is 1. The molecule has 1 aliphatic carbocycles. The molecule has 1 N–H and O–H groups in total. The first-order valence-electron chi connectivity index (χ1n) is 4.87. The Balaban J connectivity index is 1.89. The SMILES string of the molecule is CN1CCNC(CC2CC2(F)F)C1=O. The van der Waals surface area contributed by atoms with Gasteiger partial charge in [0.05, 0.1) is 6.04 Å². The predicted octanol–water partition coefficient (Wildman–Crippen LogP) is 0.462. The summed E-state index contributed by atoms with van der Waals surface area (Å²) in [7, 11) is 1.71. The average Bonchev–Trinajstić information content (AvgIpc) is 2.68. The van der Waals surface area contributed by atoms with E-state index in [9.17, 15) is 13.6 Å². The maximum absolute atomic E-state index is 12.6. The van der Waals surface area contributed by atoms with E-state index in [1.54, 1.807) is 11.9 Å². The predicted molar refractivity (Wildman–Crippen MR) is 47.1 cm³/mol. The number of nitrogens with one attached hydrogen (secondary N) is 1. The van der Waals surface area contributed by atoms with E-state index in [4.69, 9.17) is 0 Å². The summed E-state index contributed by atoms with van der Waals surface area (Å²) < 4.78 is 25.2. The Kier molecular flexibility index (Phi) is 2.21. The molecule has 80 valence electrons. The van der Waals surface area contributed by atoms with Gasteiger partial charge < -0.3 is 10.2 Å². The maximum Gasteiger partial charge on any atom is 0.251 e. The molecule has 1 aliphatic heterocycles. The number of halogens is 2. The molecular weight excluding hydrogens is 190 g/mol. The number of hydrogen-bond donors (Lipinski definition) is 1. The second-order valence-corrected chi connectivity index (χ2v) is 4.16. The van der Waals surface area contributed by atoms with Gasteiger partial charge in [0.25, 0.3) is 5.92 Å². The van der Waals surface area contributed by atoms with Crippen LogP contribution in [0.2, 0.25) is 0 Å². The highest BCUT2D eigenvalue weighted by atomic mass is 19.3. The van der Waals surface area contributed by atoms with Crippen molar-refractivity contribution in [3.63, 3.8) is 0 Å². The van der Waals surface area contributed by atoms with Gasteiger partial charge >= 0.3 is 0 Å². The van der Waals surface area contributed by atoms with Crippen molar-refractivity contribution in [3.05, 3.63) is 0 Å². The fourth-order valence-corrected chi connectivity index (χ4v) is 1.86. The van der Waals surface area contributed by atoms with Crippen molar-refractivity contribution in [2.75, 3.05) is 20.1 Å². The Morgan fingerprint density at radius 3 is 2.86 bits per heavy atom. The standard InChI is InChI=1S/C9H14F2N2O/c1-13-3-2-12-7(8(13)14)4-6-5-9(6,10)11/h6-7,12H,2-5H2,1H3. The highest BCUT2D eigenvalue weighted by molar-refractivity contribution is 5.82. The van der Waals surface area contributed by atoms with Crippen LogP contribution in [0, 0.1) is 5.92 Å². The molecule has 2 unspecified atom stereocenters. The summed E-state index contributed by atoms with van der Waals surface area (Å²) >= 11 is 0. The molecule has 0 bridgehead atoms. The molecule has 1 saturated carbocycles. The molecule has 2 atom stereocenters. The monoisotopic (exact) mass is 204 g/mol. The topological polar surface area (TPSA) is 32.3 Å². The zero-order valence-electron chi connectivity index (χ0n) is 8.09. The smallest absolute Gasteiger partial charge is 0.251 e. The van der Waals surface area contributed by atoms with Crippen LogP contribution >= 0.6 is 0 Å². The first kappa shape index (κ1) is 9.83. The average molecular weight is 204 g/mol. The van der Waals surface area contributed by atoms with Gasteiger partial charge in [0.15, 0.2) is 0 Å². The third-order valence-electron chi connectivity index (χ3n) is 2.99. The molecule has 1 heterocycles. The number of carbonyl (C=O) groups is 1. The number of hydrogen-bond acceptors (Lipinski definition) is 2. The molecule has 0 radical (unpaired) electrons. The number of rotatable bonds is 2. The minimum Gasteiger partial charge on any atom is -0.343 e. The lowest BCUT2D eigenvalue weighted by atomic mass is 10.1. The van der Waals surface area contributed by atoms with Gasteiger partial charge in [-0.1, -0.05) is 0 Å². The highest BCUT2D eigenvalue weighted by Crippen LogP contribution is 2.51. The van der Waals surface area contributed by atoms with Crippen molar-refractivity contribution in [1.29, 1.82) is 0 Å². The van der Waals surface area contributed by atoms with Crippen LogP contribution in [-0.4, -0.2) is 42.9 Å². The van der Waals surface area contributed by atoms with E-state index in [1.807, 2.05) is 0 Å². The van der Waals surface area contributed by atoms with Gasteiger partial charge in [-0.25, -0.2) is 8.78 Å². The van der Waals surface area contributed by atoms with E-state index >= 15 is 0 Å². The summed E-state index contributed by atoms with van der Waals surface area (Å²) in [5.74, 6) is -3.16. The van der Waals surface area contributed by atoms with Crippen molar-refractivity contribution < 1.29 is 13.6 Å². The molecule has 0 aromatic heterocycles. The molecular formula is C9H14F2N2O. The minimum absolute atomic E-state index is 0.0534. The van der Waals surface area contributed by atoms with E-state index < -0.39 is 17.9 Å². The number of piperazine rings is 1. The van der Waals surface area contributed by atoms with Crippen LogP contribution in [0.4, 0.5) is 8.78 Å². The van der Waals surface area contributed by atoms with Crippen molar-refractivity contribution in [3.8, 4) is 0 Å². The van der Waals surface area contributed by atoms with Crippen LogP contribution < -0.4 is 5.32 Å². The molecule has 0 aromatic carbocycles. The zero-order valence-corrected chi connectivity index (χ0v) is 8.09. The molecule has 3 nitrogen and oxygen atoms in total. The van der Waals surface area contributed by atoms with Gasteiger partial charge in [-0.3, -0.25) is 4.79 Å². The van der Waals surface area contributed by atoms with E-state index in [1.165, 1.54) is 0 Å². The fourth-order valence-electron chi connectivity index (χ4n) is 1.86. The first-order valence-corrected chi connectivity index (χ1v) is 4.87. The van der Waals surface area contributed by atoms with E-state index in [0.29, 0.717) is 13.1 Å². The van der Waals surface area contributed by atoms with Crippen molar-refractivity contribution in [2.45, 2.75) is 24.8 Å². The molecule has 14 heavy (non-hydrogen) atoms. The van der Waals surface area contributed by atoms with Crippen LogP contribution in [0.25, 0.3) is 0 Å². The maximum atomic E-state index is 12.6. The van der Waals surface area contributed by atoms with Crippen LogP contribution in [0.3, 0.4) is 0 Å². The van der Waals surface area contributed by atoms with Crippen molar-refractivity contribution in [1.82, 2.24) is 10.2 Å². The van der Waals surface area contributed by atoms with Crippen LogP contribution in [0.5, 0.6) is 0 Å². The summed E-state index contributed by atoms with van der Waals surface area (Å²) in [6.07, 6.45) is 0.221. The van der Waals surface area contributed by atoms with Gasteiger partial charge in [0.2, 0.25) is 5.91 Å². The Hall–Kier alpha value is -0.710. The molecule has 5 heteroatoms. The van der Waals surface area contributed by atoms with Gasteiger partial charge in [-0.2, -0.15) is 0 Å². The lowest BCUT2D eigenvalue weighted by Gasteiger charge is -2.30. The molecule has 2 rings (SSSR count). The Morgan fingerprint density at radius 1 is 1.64 bits per heavy atom. The second-order valence-electron chi connectivity index (χ2n) is 4.16. The number of alkyl halides is 2. The second kappa shape index (κ2) is 3.15. The van der Waals surface area contributed by atoms with E-state index in [2.05, 4.69) is 5.32 Å². The minimum atomic E-state index is -2.52. The molecule has 2 fully saturated rings. The summed E-state index contributed by atoms with van der Waals surface area (Å²) in [5, 5.41) is 2.98. The molecule has 0 aromatic rings. The lowest BCUT2D eigenvalue weighted by molar-refractivity contribution is -0.134. The highest BCUT2D eigenvalue weighted by Gasteiger charge is 2.57. The van der Waals surface area contributed by atoms with E-state index in [-0.39, 0.29) is 18.7 Å². The summed E-state index contributed by atoms with van der Waals surface area (Å²) in [6, 6.07) is -0.396. The van der Waals surface area contributed by atoms with Gasteiger partial charge in [-0.05, 0) is 6.42 Å². The Labute approximate surface area is 81.4 Å². The zero-order chi connectivity index (χ0) is 10.3. The quantitative estimate of drug-likeness (QED) is 0.708. The van der Waals surface area contributed by atoms with Gasteiger partial charge in [0.1, 0.15) is 0 Å². The largest absolute Gasteiger partial charge is 0.343 e. The summed E-state index contributed by atoms with van der Waals surface area (Å²) in [4.78, 5) is 13.1.